The summed E-state index contributed by atoms with van der Waals surface area (Å²) in [5.41, 5.74) is 3.70. The van der Waals surface area contributed by atoms with Gasteiger partial charge < -0.3 is 0 Å². The van der Waals surface area contributed by atoms with Crippen LogP contribution in [0.3, 0.4) is 0 Å². The SMILES string of the molecule is CCn1cc(CN2CCCC(c3ccnc(C)n3)C2)c(C)n1. The van der Waals surface area contributed by atoms with Crippen LogP contribution in [0.25, 0.3) is 0 Å². The second-order valence-corrected chi connectivity index (χ2v) is 6.20. The highest BCUT2D eigenvalue weighted by atomic mass is 15.3. The van der Waals surface area contributed by atoms with Crippen LogP contribution in [0.2, 0.25) is 0 Å². The summed E-state index contributed by atoms with van der Waals surface area (Å²) in [5.74, 6) is 1.40. The van der Waals surface area contributed by atoms with E-state index in [2.05, 4.69) is 46.1 Å². The van der Waals surface area contributed by atoms with Gasteiger partial charge in [0.15, 0.2) is 0 Å². The van der Waals surface area contributed by atoms with E-state index in [1.807, 2.05) is 17.8 Å². The fourth-order valence-electron chi connectivity index (χ4n) is 3.26. The van der Waals surface area contributed by atoms with Crippen molar-refractivity contribution in [3.63, 3.8) is 0 Å². The van der Waals surface area contributed by atoms with E-state index >= 15 is 0 Å². The van der Waals surface area contributed by atoms with E-state index in [0.717, 1.165) is 37.7 Å². The van der Waals surface area contributed by atoms with Crippen molar-refractivity contribution >= 4 is 0 Å². The Hall–Kier alpha value is -1.75. The molecule has 0 amide bonds. The van der Waals surface area contributed by atoms with Crippen molar-refractivity contribution < 1.29 is 0 Å². The number of piperidine rings is 1. The molecule has 1 aliphatic heterocycles. The molecule has 22 heavy (non-hydrogen) atoms. The maximum absolute atomic E-state index is 4.62. The first-order valence-corrected chi connectivity index (χ1v) is 8.20. The highest BCUT2D eigenvalue weighted by molar-refractivity contribution is 5.16. The standard InChI is InChI=1S/C17H25N5/c1-4-22-12-16(13(2)20-22)11-21-9-5-6-15(10-21)17-7-8-18-14(3)19-17/h7-8,12,15H,4-6,9-11H2,1-3H3. The lowest BCUT2D eigenvalue weighted by Crippen LogP contribution is -2.34. The van der Waals surface area contributed by atoms with Gasteiger partial charge in [-0.1, -0.05) is 0 Å². The van der Waals surface area contributed by atoms with Crippen LogP contribution in [0.1, 0.15) is 48.5 Å². The van der Waals surface area contributed by atoms with E-state index in [9.17, 15) is 0 Å². The molecule has 1 saturated heterocycles. The summed E-state index contributed by atoms with van der Waals surface area (Å²) in [6.45, 7) is 10.4. The van der Waals surface area contributed by atoms with Crippen molar-refractivity contribution in [3.8, 4) is 0 Å². The molecule has 118 valence electrons. The highest BCUT2D eigenvalue weighted by Gasteiger charge is 2.23. The van der Waals surface area contributed by atoms with Gasteiger partial charge >= 0.3 is 0 Å². The number of hydrogen-bond acceptors (Lipinski definition) is 4. The maximum Gasteiger partial charge on any atom is 0.125 e. The summed E-state index contributed by atoms with van der Waals surface area (Å²) in [7, 11) is 0. The highest BCUT2D eigenvalue weighted by Crippen LogP contribution is 2.26. The van der Waals surface area contributed by atoms with Crippen LogP contribution in [0, 0.1) is 13.8 Å². The van der Waals surface area contributed by atoms with Crippen molar-refractivity contribution in [3.05, 3.63) is 41.2 Å². The van der Waals surface area contributed by atoms with Crippen molar-refractivity contribution in [2.24, 2.45) is 0 Å². The van der Waals surface area contributed by atoms with Crippen LogP contribution < -0.4 is 0 Å². The summed E-state index contributed by atoms with van der Waals surface area (Å²) in [4.78, 5) is 11.4. The predicted octanol–water partition coefficient (Wildman–Crippen LogP) is 2.69. The zero-order valence-corrected chi connectivity index (χ0v) is 13.8. The van der Waals surface area contributed by atoms with E-state index in [4.69, 9.17) is 0 Å². The molecule has 0 radical (unpaired) electrons. The Labute approximate surface area is 132 Å². The monoisotopic (exact) mass is 299 g/mol. The van der Waals surface area contributed by atoms with Crippen LogP contribution >= 0.6 is 0 Å². The van der Waals surface area contributed by atoms with Gasteiger partial charge in [0.2, 0.25) is 0 Å². The Morgan fingerprint density at radius 3 is 2.91 bits per heavy atom. The van der Waals surface area contributed by atoms with Gasteiger partial charge in [0.1, 0.15) is 5.82 Å². The van der Waals surface area contributed by atoms with E-state index in [1.54, 1.807) is 0 Å². The minimum Gasteiger partial charge on any atom is -0.298 e. The fourth-order valence-corrected chi connectivity index (χ4v) is 3.26. The molecule has 3 rings (SSSR count). The third-order valence-electron chi connectivity index (χ3n) is 4.49. The summed E-state index contributed by atoms with van der Waals surface area (Å²) >= 11 is 0. The van der Waals surface area contributed by atoms with Gasteiger partial charge in [-0.25, -0.2) is 9.97 Å². The molecule has 0 spiro atoms. The Morgan fingerprint density at radius 2 is 2.18 bits per heavy atom. The third-order valence-corrected chi connectivity index (χ3v) is 4.49. The molecule has 2 aromatic rings. The van der Waals surface area contributed by atoms with Crippen LogP contribution in [0.15, 0.2) is 18.5 Å². The van der Waals surface area contributed by atoms with Crippen molar-refractivity contribution in [2.45, 2.75) is 52.6 Å². The van der Waals surface area contributed by atoms with Crippen molar-refractivity contribution in [2.75, 3.05) is 13.1 Å². The lowest BCUT2D eigenvalue weighted by molar-refractivity contribution is 0.198. The minimum atomic E-state index is 0.525. The average molecular weight is 299 g/mol. The molecular weight excluding hydrogens is 274 g/mol. The Balaban J connectivity index is 1.69. The third kappa shape index (κ3) is 3.35. The smallest absolute Gasteiger partial charge is 0.125 e. The number of aromatic nitrogens is 4. The molecule has 2 aromatic heterocycles. The number of rotatable bonds is 4. The molecule has 1 unspecified atom stereocenters. The summed E-state index contributed by atoms with van der Waals surface area (Å²) in [6, 6.07) is 2.07. The fraction of sp³-hybridized carbons (Fsp3) is 0.588. The van der Waals surface area contributed by atoms with Crippen molar-refractivity contribution in [1.29, 1.82) is 0 Å². The second-order valence-electron chi connectivity index (χ2n) is 6.20. The van der Waals surface area contributed by atoms with E-state index in [1.165, 1.54) is 24.1 Å². The summed E-state index contributed by atoms with van der Waals surface area (Å²) in [6.07, 6.45) is 6.52. The first-order valence-electron chi connectivity index (χ1n) is 8.20. The molecule has 0 saturated carbocycles. The molecule has 0 bridgehead atoms. The molecule has 0 N–H and O–H groups in total. The molecule has 1 fully saturated rings. The zero-order valence-electron chi connectivity index (χ0n) is 13.8. The molecule has 1 atom stereocenters. The minimum absolute atomic E-state index is 0.525. The van der Waals surface area contributed by atoms with Gasteiger partial charge in [0.05, 0.1) is 5.69 Å². The van der Waals surface area contributed by atoms with Gasteiger partial charge in [-0.2, -0.15) is 5.10 Å². The van der Waals surface area contributed by atoms with E-state index in [0.29, 0.717) is 5.92 Å². The zero-order chi connectivity index (χ0) is 15.5. The lowest BCUT2D eigenvalue weighted by atomic mass is 9.94. The Morgan fingerprint density at radius 1 is 1.32 bits per heavy atom. The maximum atomic E-state index is 4.62. The van der Waals surface area contributed by atoms with E-state index < -0.39 is 0 Å². The van der Waals surface area contributed by atoms with Gasteiger partial charge in [0.25, 0.3) is 0 Å². The summed E-state index contributed by atoms with van der Waals surface area (Å²) in [5, 5.41) is 4.55. The molecule has 0 aromatic carbocycles. The van der Waals surface area contributed by atoms with Crippen LogP contribution in [0.4, 0.5) is 0 Å². The number of hydrogen-bond donors (Lipinski definition) is 0. The molecule has 3 heterocycles. The van der Waals surface area contributed by atoms with Gasteiger partial charge in [0, 0.05) is 49.2 Å². The van der Waals surface area contributed by atoms with E-state index in [-0.39, 0.29) is 0 Å². The number of nitrogens with zero attached hydrogens (tertiary/aromatic N) is 5. The Kier molecular flexibility index (Phi) is 4.52. The number of aryl methyl sites for hydroxylation is 3. The normalized spacial score (nSPS) is 19.5. The first-order chi connectivity index (χ1) is 10.7. The number of likely N-dealkylation sites (tertiary alicyclic amines) is 1. The Bertz CT molecular complexity index is 634. The molecular formula is C17H25N5. The van der Waals surface area contributed by atoms with Crippen LogP contribution in [0.5, 0.6) is 0 Å². The lowest BCUT2D eigenvalue weighted by Gasteiger charge is -2.32. The largest absolute Gasteiger partial charge is 0.298 e. The van der Waals surface area contributed by atoms with Crippen molar-refractivity contribution in [1.82, 2.24) is 24.6 Å². The quantitative estimate of drug-likeness (QED) is 0.871. The molecule has 1 aliphatic rings. The summed E-state index contributed by atoms with van der Waals surface area (Å²) < 4.78 is 2.03. The topological polar surface area (TPSA) is 46.8 Å². The first kappa shape index (κ1) is 15.2. The predicted molar refractivity (Wildman–Crippen MR) is 86.7 cm³/mol. The van der Waals surface area contributed by atoms with Crippen LogP contribution in [-0.4, -0.2) is 37.7 Å². The van der Waals surface area contributed by atoms with Crippen LogP contribution in [-0.2, 0) is 13.1 Å². The van der Waals surface area contributed by atoms with Gasteiger partial charge in [-0.05, 0) is 46.2 Å². The average Bonchev–Trinajstić information content (AvgIpc) is 2.88. The van der Waals surface area contributed by atoms with Gasteiger partial charge in [-0.3, -0.25) is 9.58 Å². The molecule has 5 nitrogen and oxygen atoms in total. The molecule has 0 aliphatic carbocycles. The second kappa shape index (κ2) is 6.57. The molecule has 5 heteroatoms. The van der Waals surface area contributed by atoms with Gasteiger partial charge in [-0.15, -0.1) is 0 Å².